The van der Waals surface area contributed by atoms with Gasteiger partial charge in [0.15, 0.2) is 5.82 Å². The van der Waals surface area contributed by atoms with Crippen molar-refractivity contribution < 1.29 is 4.79 Å². The summed E-state index contributed by atoms with van der Waals surface area (Å²) in [5.74, 6) is 0.598. The number of nitrogens with zero attached hydrogens (tertiary/aromatic N) is 8. The second kappa shape index (κ2) is 8.52. The molecule has 1 aliphatic heterocycles. The van der Waals surface area contributed by atoms with E-state index < -0.39 is 0 Å². The summed E-state index contributed by atoms with van der Waals surface area (Å²) in [4.78, 5) is 17.7. The number of halogens is 1. The summed E-state index contributed by atoms with van der Waals surface area (Å²) in [5, 5.41) is 21.1. The minimum Gasteiger partial charge on any atom is -0.339 e. The van der Waals surface area contributed by atoms with Gasteiger partial charge in [0.1, 0.15) is 0 Å². The van der Waals surface area contributed by atoms with E-state index in [0.29, 0.717) is 30.5 Å². The highest BCUT2D eigenvalue weighted by Gasteiger charge is 2.23. The average Bonchev–Trinajstić information content (AvgIpc) is 3.39. The number of piperidine rings is 1. The highest BCUT2D eigenvalue weighted by molar-refractivity contribution is 6.30. The Labute approximate surface area is 173 Å². The van der Waals surface area contributed by atoms with E-state index >= 15 is 0 Å². The van der Waals surface area contributed by atoms with Crippen molar-refractivity contribution in [2.24, 2.45) is 0 Å². The molecule has 1 aliphatic rings. The van der Waals surface area contributed by atoms with Crippen LogP contribution >= 0.6 is 11.6 Å². The molecule has 0 radical (unpaired) electrons. The van der Waals surface area contributed by atoms with Crippen LogP contribution in [0.15, 0.2) is 36.7 Å². The molecule has 1 aromatic carbocycles. The van der Waals surface area contributed by atoms with Crippen LogP contribution in [-0.4, -0.2) is 59.1 Å². The van der Waals surface area contributed by atoms with Gasteiger partial charge in [-0.25, -0.2) is 0 Å². The van der Waals surface area contributed by atoms with Crippen molar-refractivity contribution in [1.82, 2.24) is 40.1 Å². The van der Waals surface area contributed by atoms with Crippen LogP contribution in [0.2, 0.25) is 5.02 Å². The van der Waals surface area contributed by atoms with E-state index in [1.54, 1.807) is 36.3 Å². The van der Waals surface area contributed by atoms with Crippen LogP contribution < -0.4 is 0 Å². The fourth-order valence-electron chi connectivity index (χ4n) is 3.41. The van der Waals surface area contributed by atoms with Crippen LogP contribution in [0.4, 0.5) is 0 Å². The summed E-state index contributed by atoms with van der Waals surface area (Å²) in [6.45, 7) is 3.58. The Morgan fingerprint density at radius 3 is 2.69 bits per heavy atom. The first-order chi connectivity index (χ1) is 14.1. The third-order valence-corrected chi connectivity index (χ3v) is 5.15. The first kappa shape index (κ1) is 19.3. The standard InChI is InChI=1S/C19H21ClN8O/c1-14-23-25-27(24-14)13-16-12-17(20)4-2-15(16)3-5-19(29)26-10-6-18(7-11-26)28-21-8-9-22-28/h2-5,8-9,12,18H,6-7,10-11,13H2,1H3/b5-3+. The number of hydrogen-bond donors (Lipinski definition) is 0. The van der Waals surface area contributed by atoms with Gasteiger partial charge in [0.2, 0.25) is 5.91 Å². The summed E-state index contributed by atoms with van der Waals surface area (Å²) in [5.41, 5.74) is 1.82. The smallest absolute Gasteiger partial charge is 0.246 e. The molecule has 9 nitrogen and oxygen atoms in total. The number of benzene rings is 1. The van der Waals surface area contributed by atoms with Crippen LogP contribution in [-0.2, 0) is 11.3 Å². The zero-order valence-electron chi connectivity index (χ0n) is 16.0. The second-order valence-corrected chi connectivity index (χ2v) is 7.39. The number of hydrogen-bond acceptors (Lipinski definition) is 6. The van der Waals surface area contributed by atoms with Gasteiger partial charge in [-0.15, -0.1) is 10.2 Å². The molecule has 0 saturated carbocycles. The van der Waals surface area contributed by atoms with Gasteiger partial charge in [0, 0.05) is 24.2 Å². The maximum atomic E-state index is 12.6. The van der Waals surface area contributed by atoms with E-state index in [4.69, 9.17) is 11.6 Å². The van der Waals surface area contributed by atoms with Crippen molar-refractivity contribution in [2.45, 2.75) is 32.4 Å². The van der Waals surface area contributed by atoms with Crippen molar-refractivity contribution in [3.8, 4) is 0 Å². The van der Waals surface area contributed by atoms with Crippen LogP contribution in [0.25, 0.3) is 6.08 Å². The Hall–Kier alpha value is -3.07. The fraction of sp³-hybridized carbons (Fsp3) is 0.368. The summed E-state index contributed by atoms with van der Waals surface area (Å²) < 4.78 is 0. The van der Waals surface area contributed by atoms with E-state index in [0.717, 1.165) is 24.0 Å². The summed E-state index contributed by atoms with van der Waals surface area (Å²) in [6, 6.07) is 5.80. The monoisotopic (exact) mass is 412 g/mol. The molecular weight excluding hydrogens is 392 g/mol. The van der Waals surface area contributed by atoms with Crippen LogP contribution in [0.1, 0.15) is 35.8 Å². The molecule has 1 amide bonds. The number of tetrazole rings is 1. The third kappa shape index (κ3) is 4.68. The van der Waals surface area contributed by atoms with Crippen molar-refractivity contribution in [2.75, 3.05) is 13.1 Å². The van der Waals surface area contributed by atoms with Crippen LogP contribution in [0.3, 0.4) is 0 Å². The number of carbonyl (C=O) groups excluding carboxylic acids is 1. The molecular formula is C19H21ClN8O. The van der Waals surface area contributed by atoms with E-state index in [2.05, 4.69) is 25.6 Å². The van der Waals surface area contributed by atoms with E-state index in [1.165, 1.54) is 4.80 Å². The van der Waals surface area contributed by atoms with E-state index in [1.807, 2.05) is 23.1 Å². The molecule has 0 N–H and O–H groups in total. The lowest BCUT2D eigenvalue weighted by Crippen LogP contribution is -2.38. The van der Waals surface area contributed by atoms with E-state index in [9.17, 15) is 4.79 Å². The summed E-state index contributed by atoms with van der Waals surface area (Å²) >= 11 is 6.15. The van der Waals surface area contributed by atoms with Crippen molar-refractivity contribution in [3.05, 3.63) is 58.6 Å². The molecule has 3 aromatic rings. The molecule has 10 heteroatoms. The van der Waals surface area contributed by atoms with E-state index in [-0.39, 0.29) is 11.9 Å². The minimum absolute atomic E-state index is 0.00694. The molecule has 1 fully saturated rings. The Morgan fingerprint density at radius 1 is 1.24 bits per heavy atom. The number of aromatic nitrogens is 7. The highest BCUT2D eigenvalue weighted by atomic mass is 35.5. The summed E-state index contributed by atoms with van der Waals surface area (Å²) in [7, 11) is 0. The van der Waals surface area contributed by atoms with Crippen molar-refractivity contribution in [1.29, 1.82) is 0 Å². The molecule has 2 aromatic heterocycles. The van der Waals surface area contributed by atoms with Crippen LogP contribution in [0, 0.1) is 6.92 Å². The zero-order chi connectivity index (χ0) is 20.2. The normalized spacial score (nSPS) is 15.3. The zero-order valence-corrected chi connectivity index (χ0v) is 16.8. The van der Waals surface area contributed by atoms with Gasteiger partial charge in [0.25, 0.3) is 0 Å². The molecule has 3 heterocycles. The Kier molecular flexibility index (Phi) is 5.66. The minimum atomic E-state index is -0.00694. The fourth-order valence-corrected chi connectivity index (χ4v) is 3.61. The molecule has 0 atom stereocenters. The molecule has 0 unspecified atom stereocenters. The molecule has 29 heavy (non-hydrogen) atoms. The Balaban J connectivity index is 1.41. The van der Waals surface area contributed by atoms with Crippen molar-refractivity contribution >= 4 is 23.6 Å². The number of aryl methyl sites for hydroxylation is 1. The van der Waals surface area contributed by atoms with Gasteiger partial charge in [0.05, 0.1) is 25.0 Å². The predicted octanol–water partition coefficient (Wildman–Crippen LogP) is 2.15. The van der Waals surface area contributed by atoms with Gasteiger partial charge in [-0.3, -0.25) is 4.79 Å². The third-order valence-electron chi connectivity index (χ3n) is 4.91. The van der Waals surface area contributed by atoms with Crippen LogP contribution in [0.5, 0.6) is 0 Å². The first-order valence-electron chi connectivity index (χ1n) is 9.44. The topological polar surface area (TPSA) is 94.6 Å². The Morgan fingerprint density at radius 2 is 2.00 bits per heavy atom. The lowest BCUT2D eigenvalue weighted by Gasteiger charge is -2.30. The lowest BCUT2D eigenvalue weighted by molar-refractivity contribution is -0.127. The second-order valence-electron chi connectivity index (χ2n) is 6.95. The average molecular weight is 413 g/mol. The maximum absolute atomic E-state index is 12.6. The predicted molar refractivity (Wildman–Crippen MR) is 107 cm³/mol. The van der Waals surface area contributed by atoms with Gasteiger partial charge in [-0.2, -0.15) is 19.8 Å². The number of carbonyl (C=O) groups is 1. The number of likely N-dealkylation sites (tertiary alicyclic amines) is 1. The van der Waals surface area contributed by atoms with Gasteiger partial charge < -0.3 is 4.90 Å². The van der Waals surface area contributed by atoms with Crippen molar-refractivity contribution in [3.63, 3.8) is 0 Å². The highest BCUT2D eigenvalue weighted by Crippen LogP contribution is 2.22. The summed E-state index contributed by atoms with van der Waals surface area (Å²) in [6.07, 6.45) is 8.48. The van der Waals surface area contributed by atoms with Gasteiger partial charge >= 0.3 is 0 Å². The quantitative estimate of drug-likeness (QED) is 0.596. The molecule has 1 saturated heterocycles. The number of amides is 1. The molecule has 4 rings (SSSR count). The maximum Gasteiger partial charge on any atom is 0.246 e. The largest absolute Gasteiger partial charge is 0.339 e. The molecule has 0 spiro atoms. The number of rotatable bonds is 5. The Bertz CT molecular complexity index is 1010. The van der Waals surface area contributed by atoms with Gasteiger partial charge in [-0.05, 0) is 54.3 Å². The van der Waals surface area contributed by atoms with Gasteiger partial charge in [-0.1, -0.05) is 17.7 Å². The molecule has 150 valence electrons. The molecule has 0 bridgehead atoms. The SMILES string of the molecule is Cc1nnn(Cc2cc(Cl)ccc2/C=C/C(=O)N2CCC(n3nccn3)CC2)n1. The first-order valence-corrected chi connectivity index (χ1v) is 9.82. The lowest BCUT2D eigenvalue weighted by atomic mass is 10.0. The molecule has 0 aliphatic carbocycles.